The Morgan fingerprint density at radius 1 is 1.03 bits per heavy atom. The van der Waals surface area contributed by atoms with Crippen molar-refractivity contribution in [3.05, 3.63) is 89.3 Å². The zero-order chi connectivity index (χ0) is 21.7. The van der Waals surface area contributed by atoms with Crippen LogP contribution in [0, 0.1) is 5.82 Å². The van der Waals surface area contributed by atoms with Gasteiger partial charge in [-0.25, -0.2) is 8.78 Å². The van der Waals surface area contributed by atoms with Gasteiger partial charge in [-0.1, -0.05) is 98.9 Å². The summed E-state index contributed by atoms with van der Waals surface area (Å²) in [5, 5.41) is 0. The molecule has 1 fully saturated rings. The number of benzene rings is 2. The van der Waals surface area contributed by atoms with E-state index in [1.165, 1.54) is 67.9 Å². The number of hydrogen-bond donors (Lipinski definition) is 0. The van der Waals surface area contributed by atoms with Crippen molar-refractivity contribution in [1.82, 2.24) is 0 Å². The Bertz CT molecular complexity index is 940. The van der Waals surface area contributed by atoms with Gasteiger partial charge in [0.05, 0.1) is 0 Å². The Morgan fingerprint density at radius 2 is 1.84 bits per heavy atom. The normalized spacial score (nSPS) is 26.0. The third-order valence-electron chi connectivity index (χ3n) is 7.24. The minimum absolute atomic E-state index is 0.288. The fourth-order valence-electron chi connectivity index (χ4n) is 5.40. The average Bonchev–Trinajstić information content (AvgIpc) is 2.80. The number of unbranched alkanes of at least 4 members (excludes halogenated alkanes) is 2. The summed E-state index contributed by atoms with van der Waals surface area (Å²) in [7, 11) is -0.558. The Kier molecular flexibility index (Phi) is 7.22. The van der Waals surface area contributed by atoms with Crippen LogP contribution in [-0.2, 0) is 5.67 Å². The number of halogens is 2. The highest BCUT2D eigenvalue weighted by Gasteiger charge is 2.38. The van der Waals surface area contributed by atoms with Gasteiger partial charge < -0.3 is 0 Å². The maximum absolute atomic E-state index is 16.5. The molecule has 0 nitrogen and oxygen atoms in total. The van der Waals surface area contributed by atoms with Gasteiger partial charge in [-0.15, -0.1) is 0 Å². The van der Waals surface area contributed by atoms with E-state index in [9.17, 15) is 4.39 Å². The van der Waals surface area contributed by atoms with Crippen LogP contribution in [0.2, 0.25) is 18.1 Å². The molecule has 2 aromatic carbocycles. The second-order valence-corrected chi connectivity index (χ2v) is 12.8. The van der Waals surface area contributed by atoms with Gasteiger partial charge in [-0.05, 0) is 47.6 Å². The standard InChI is InChI=1S/C28H34F2Si/c1-2-3-6-17-31-18-14-22(15-19-31)23-9-7-11-25(20-23)28(30)16-5-4-13-27(28)24-10-8-12-26(29)21-24/h4-5,7-13,20-22,31H,2-3,6,14-19H2,1H3/t22-,28?,31-. The SMILES string of the molecule is CCCCC[Si@H]1CC[C@H](c2cccc(C3(F)CC=CC=C3c3cccc(F)c3)c2)CC1. The zero-order valence-electron chi connectivity index (χ0n) is 18.6. The first-order chi connectivity index (χ1) is 15.1. The van der Waals surface area contributed by atoms with Gasteiger partial charge in [0.1, 0.15) is 5.82 Å². The summed E-state index contributed by atoms with van der Waals surface area (Å²) in [4.78, 5) is 0. The summed E-state index contributed by atoms with van der Waals surface area (Å²) in [6.45, 7) is 2.28. The maximum atomic E-state index is 16.5. The van der Waals surface area contributed by atoms with Crippen LogP contribution in [0.25, 0.3) is 5.57 Å². The van der Waals surface area contributed by atoms with Crippen molar-refractivity contribution in [3.8, 4) is 0 Å². The molecule has 0 amide bonds. The molecular weight excluding hydrogens is 402 g/mol. The lowest BCUT2D eigenvalue weighted by atomic mass is 9.78. The van der Waals surface area contributed by atoms with Gasteiger partial charge in [-0.2, -0.15) is 0 Å². The minimum atomic E-state index is -1.62. The van der Waals surface area contributed by atoms with Gasteiger partial charge in [0.2, 0.25) is 0 Å². The van der Waals surface area contributed by atoms with Crippen molar-refractivity contribution in [2.45, 2.75) is 75.2 Å². The quantitative estimate of drug-likeness (QED) is 0.302. The van der Waals surface area contributed by atoms with E-state index in [1.807, 2.05) is 24.3 Å². The van der Waals surface area contributed by atoms with E-state index in [1.54, 1.807) is 18.2 Å². The van der Waals surface area contributed by atoms with Crippen LogP contribution in [-0.4, -0.2) is 8.80 Å². The maximum Gasteiger partial charge on any atom is 0.165 e. The first-order valence-corrected chi connectivity index (χ1v) is 14.5. The van der Waals surface area contributed by atoms with Crippen molar-refractivity contribution < 1.29 is 8.78 Å². The van der Waals surface area contributed by atoms with Crippen LogP contribution in [0.3, 0.4) is 0 Å². The number of rotatable bonds is 7. The smallest absolute Gasteiger partial charge is 0.165 e. The summed E-state index contributed by atoms with van der Waals surface area (Å²) in [6, 6.07) is 18.9. The van der Waals surface area contributed by atoms with Crippen molar-refractivity contribution >= 4 is 14.4 Å². The first-order valence-electron chi connectivity index (χ1n) is 12.0. The monoisotopic (exact) mass is 436 g/mol. The minimum Gasteiger partial charge on any atom is -0.233 e. The zero-order valence-corrected chi connectivity index (χ0v) is 19.8. The Morgan fingerprint density at radius 3 is 2.61 bits per heavy atom. The molecule has 2 aromatic rings. The molecule has 1 heterocycles. The van der Waals surface area contributed by atoms with Crippen molar-refractivity contribution in [3.63, 3.8) is 0 Å². The van der Waals surface area contributed by atoms with E-state index in [-0.39, 0.29) is 12.2 Å². The lowest BCUT2D eigenvalue weighted by Gasteiger charge is -2.32. The molecular formula is C28H34F2Si. The second-order valence-electron chi connectivity index (χ2n) is 9.36. The van der Waals surface area contributed by atoms with Crippen LogP contribution < -0.4 is 0 Å². The number of alkyl halides is 1. The molecule has 4 rings (SSSR count). The molecule has 1 unspecified atom stereocenters. The molecule has 3 heteroatoms. The molecule has 164 valence electrons. The molecule has 0 aromatic heterocycles. The van der Waals surface area contributed by atoms with Crippen molar-refractivity contribution in [1.29, 1.82) is 0 Å². The predicted molar refractivity (Wildman–Crippen MR) is 130 cm³/mol. The van der Waals surface area contributed by atoms with Gasteiger partial charge in [-0.3, -0.25) is 0 Å². The fourth-order valence-corrected chi connectivity index (χ4v) is 8.88. The van der Waals surface area contributed by atoms with Crippen LogP contribution in [0.15, 0.2) is 66.8 Å². The third-order valence-corrected chi connectivity index (χ3v) is 10.8. The molecule has 0 spiro atoms. The summed E-state index contributed by atoms with van der Waals surface area (Å²) < 4.78 is 30.4. The topological polar surface area (TPSA) is 0 Å². The van der Waals surface area contributed by atoms with Crippen LogP contribution in [0.5, 0.6) is 0 Å². The van der Waals surface area contributed by atoms with Gasteiger partial charge in [0, 0.05) is 20.8 Å². The summed E-state index contributed by atoms with van der Waals surface area (Å²) in [6.07, 6.45) is 12.5. The molecule has 1 saturated heterocycles. The molecule has 1 aliphatic heterocycles. The molecule has 1 atom stereocenters. The molecule has 0 N–H and O–H groups in total. The third kappa shape index (κ3) is 5.09. The number of hydrogen-bond acceptors (Lipinski definition) is 0. The molecule has 0 saturated carbocycles. The van der Waals surface area contributed by atoms with Crippen molar-refractivity contribution in [2.24, 2.45) is 0 Å². The Labute approximate surface area is 187 Å². The highest BCUT2D eigenvalue weighted by atomic mass is 28.3. The van der Waals surface area contributed by atoms with E-state index in [0.717, 1.165) is 0 Å². The van der Waals surface area contributed by atoms with E-state index in [2.05, 4.69) is 19.1 Å². The summed E-state index contributed by atoms with van der Waals surface area (Å²) >= 11 is 0. The van der Waals surface area contributed by atoms with Crippen LogP contribution in [0.4, 0.5) is 8.78 Å². The molecule has 31 heavy (non-hydrogen) atoms. The average molecular weight is 437 g/mol. The molecule has 0 radical (unpaired) electrons. The van der Waals surface area contributed by atoms with Gasteiger partial charge in [0.25, 0.3) is 0 Å². The highest BCUT2D eigenvalue weighted by Crippen LogP contribution is 2.46. The molecule has 2 aliphatic rings. The Balaban J connectivity index is 1.52. The van der Waals surface area contributed by atoms with Crippen LogP contribution >= 0.6 is 0 Å². The van der Waals surface area contributed by atoms with Crippen LogP contribution in [0.1, 0.15) is 68.1 Å². The fraction of sp³-hybridized carbons (Fsp3) is 0.429. The van der Waals surface area contributed by atoms with Gasteiger partial charge in [0.15, 0.2) is 5.67 Å². The molecule has 1 aliphatic carbocycles. The van der Waals surface area contributed by atoms with E-state index < -0.39 is 14.5 Å². The molecule has 0 bridgehead atoms. The predicted octanol–water partition coefficient (Wildman–Crippen LogP) is 8.33. The van der Waals surface area contributed by atoms with E-state index >= 15 is 4.39 Å². The van der Waals surface area contributed by atoms with Crippen molar-refractivity contribution in [2.75, 3.05) is 0 Å². The van der Waals surface area contributed by atoms with E-state index in [0.29, 0.717) is 22.6 Å². The van der Waals surface area contributed by atoms with Gasteiger partial charge >= 0.3 is 0 Å². The second kappa shape index (κ2) is 10.1. The highest BCUT2D eigenvalue weighted by molar-refractivity contribution is 6.59. The number of allylic oxidation sites excluding steroid dienone is 4. The largest absolute Gasteiger partial charge is 0.233 e. The summed E-state index contributed by atoms with van der Waals surface area (Å²) in [5.41, 5.74) is 1.54. The lowest BCUT2D eigenvalue weighted by molar-refractivity contribution is 0.249. The lowest BCUT2D eigenvalue weighted by Crippen LogP contribution is -2.24. The van der Waals surface area contributed by atoms with E-state index in [4.69, 9.17) is 0 Å². The summed E-state index contributed by atoms with van der Waals surface area (Å²) in [5.74, 6) is 0.225. The first kappa shape index (κ1) is 22.2. The Hall–Kier alpha value is -2.00.